The van der Waals surface area contributed by atoms with E-state index >= 15 is 0 Å². The van der Waals surface area contributed by atoms with E-state index in [4.69, 9.17) is 17.3 Å². The van der Waals surface area contributed by atoms with Crippen LogP contribution in [0, 0.1) is 5.41 Å². The summed E-state index contributed by atoms with van der Waals surface area (Å²) in [7, 11) is 0. The molecule has 0 aliphatic carbocycles. The lowest BCUT2D eigenvalue weighted by Gasteiger charge is -2.34. The largest absolute Gasteiger partial charge is 0.399 e. The van der Waals surface area contributed by atoms with Crippen molar-refractivity contribution >= 4 is 29.1 Å². The SMILES string of the molecule is CC1(C)CC(=O)N(Cc2ccc(N)cc2Cl)C(=O)C1. The van der Waals surface area contributed by atoms with E-state index in [1.165, 1.54) is 4.90 Å². The number of nitrogens with zero attached hydrogens (tertiary/aromatic N) is 1. The van der Waals surface area contributed by atoms with Gasteiger partial charge in [0.05, 0.1) is 6.54 Å². The van der Waals surface area contributed by atoms with Gasteiger partial charge in [0.1, 0.15) is 0 Å². The predicted molar refractivity (Wildman–Crippen MR) is 74.4 cm³/mol. The van der Waals surface area contributed by atoms with Gasteiger partial charge in [0, 0.05) is 23.6 Å². The second-order valence-corrected chi connectivity index (χ2v) is 6.15. The van der Waals surface area contributed by atoms with Crippen LogP contribution in [0.3, 0.4) is 0 Å². The van der Waals surface area contributed by atoms with E-state index in [9.17, 15) is 9.59 Å². The van der Waals surface area contributed by atoms with Crippen molar-refractivity contribution in [1.29, 1.82) is 0 Å². The van der Waals surface area contributed by atoms with E-state index < -0.39 is 0 Å². The molecule has 0 spiro atoms. The van der Waals surface area contributed by atoms with Gasteiger partial charge < -0.3 is 5.73 Å². The van der Waals surface area contributed by atoms with E-state index in [0.29, 0.717) is 23.6 Å². The highest BCUT2D eigenvalue weighted by atomic mass is 35.5. The zero-order valence-corrected chi connectivity index (χ0v) is 11.8. The average Bonchev–Trinajstić information content (AvgIpc) is 2.24. The number of benzene rings is 1. The minimum Gasteiger partial charge on any atom is -0.399 e. The molecule has 0 bridgehead atoms. The first-order valence-electron chi connectivity index (χ1n) is 6.16. The fourth-order valence-corrected chi connectivity index (χ4v) is 2.50. The van der Waals surface area contributed by atoms with E-state index in [-0.39, 0.29) is 23.8 Å². The number of carbonyl (C=O) groups is 2. The Balaban J connectivity index is 2.19. The summed E-state index contributed by atoms with van der Waals surface area (Å²) in [6, 6.07) is 5.09. The number of imide groups is 1. The molecule has 102 valence electrons. The average molecular weight is 281 g/mol. The lowest BCUT2D eigenvalue weighted by Crippen LogP contribution is -2.45. The highest BCUT2D eigenvalue weighted by Crippen LogP contribution is 2.33. The van der Waals surface area contributed by atoms with Gasteiger partial charge in [0.15, 0.2) is 0 Å². The fourth-order valence-electron chi connectivity index (χ4n) is 2.25. The summed E-state index contributed by atoms with van der Waals surface area (Å²) in [6.07, 6.45) is 0.761. The normalized spacial score (nSPS) is 18.8. The standard InChI is InChI=1S/C14H17ClN2O2/c1-14(2)6-12(18)17(13(19)7-14)8-9-3-4-10(16)5-11(9)15/h3-5H,6-8,16H2,1-2H3. The third-order valence-electron chi connectivity index (χ3n) is 3.27. The third-order valence-corrected chi connectivity index (χ3v) is 3.62. The van der Waals surface area contributed by atoms with Crippen molar-refractivity contribution in [1.82, 2.24) is 4.90 Å². The molecular weight excluding hydrogens is 264 g/mol. The van der Waals surface area contributed by atoms with Crippen molar-refractivity contribution in [2.24, 2.45) is 5.41 Å². The molecular formula is C14H17ClN2O2. The Hall–Kier alpha value is -1.55. The lowest BCUT2D eigenvalue weighted by atomic mass is 9.81. The topological polar surface area (TPSA) is 63.4 Å². The summed E-state index contributed by atoms with van der Waals surface area (Å²) >= 11 is 6.07. The summed E-state index contributed by atoms with van der Waals surface area (Å²) in [4.78, 5) is 25.4. The van der Waals surface area contributed by atoms with Gasteiger partial charge in [-0.2, -0.15) is 0 Å². The van der Waals surface area contributed by atoms with Gasteiger partial charge in [-0.05, 0) is 23.1 Å². The van der Waals surface area contributed by atoms with Crippen molar-refractivity contribution in [3.05, 3.63) is 28.8 Å². The Morgan fingerprint density at radius 3 is 2.37 bits per heavy atom. The van der Waals surface area contributed by atoms with Gasteiger partial charge in [-0.3, -0.25) is 14.5 Å². The van der Waals surface area contributed by atoms with Gasteiger partial charge in [-0.15, -0.1) is 0 Å². The predicted octanol–water partition coefficient (Wildman–Crippen LogP) is 2.60. The Morgan fingerprint density at radius 2 is 1.84 bits per heavy atom. The van der Waals surface area contributed by atoms with Crippen molar-refractivity contribution in [2.45, 2.75) is 33.2 Å². The maximum atomic E-state index is 12.0. The molecule has 5 heteroatoms. The summed E-state index contributed by atoms with van der Waals surface area (Å²) in [5, 5.41) is 0.477. The van der Waals surface area contributed by atoms with Crippen LogP contribution in [0.4, 0.5) is 5.69 Å². The highest BCUT2D eigenvalue weighted by molar-refractivity contribution is 6.31. The first kappa shape index (κ1) is 13.9. The number of amides is 2. The second kappa shape index (κ2) is 4.85. The van der Waals surface area contributed by atoms with Crippen molar-refractivity contribution in [3.8, 4) is 0 Å². The second-order valence-electron chi connectivity index (χ2n) is 5.74. The first-order chi connectivity index (χ1) is 8.78. The molecule has 2 rings (SSSR count). The van der Waals surface area contributed by atoms with Gasteiger partial charge >= 0.3 is 0 Å². The number of rotatable bonds is 2. The summed E-state index contributed by atoms with van der Waals surface area (Å²) in [5.74, 6) is -0.289. The van der Waals surface area contributed by atoms with Crippen LogP contribution in [0.15, 0.2) is 18.2 Å². The van der Waals surface area contributed by atoms with Crippen LogP contribution >= 0.6 is 11.6 Å². The summed E-state index contributed by atoms with van der Waals surface area (Å²) in [5.41, 5.74) is 6.66. The zero-order chi connectivity index (χ0) is 14.2. The molecule has 1 aliphatic rings. The number of anilines is 1. The van der Waals surface area contributed by atoms with Gasteiger partial charge in [-0.1, -0.05) is 31.5 Å². The molecule has 4 nitrogen and oxygen atoms in total. The van der Waals surface area contributed by atoms with Crippen molar-refractivity contribution in [3.63, 3.8) is 0 Å². The van der Waals surface area contributed by atoms with Crippen molar-refractivity contribution < 1.29 is 9.59 Å². The number of hydrogen-bond donors (Lipinski definition) is 1. The van der Waals surface area contributed by atoms with Crippen LogP contribution in [-0.2, 0) is 16.1 Å². The molecule has 2 N–H and O–H groups in total. The summed E-state index contributed by atoms with van der Waals surface area (Å²) < 4.78 is 0. The quantitative estimate of drug-likeness (QED) is 0.669. The van der Waals surface area contributed by atoms with Gasteiger partial charge in [0.2, 0.25) is 11.8 Å². The molecule has 2 amide bonds. The van der Waals surface area contributed by atoms with E-state index in [2.05, 4.69) is 0 Å². The lowest BCUT2D eigenvalue weighted by molar-refractivity contribution is -0.153. The third kappa shape index (κ3) is 3.07. The van der Waals surface area contributed by atoms with Crippen molar-refractivity contribution in [2.75, 3.05) is 5.73 Å². The van der Waals surface area contributed by atoms with E-state index in [0.717, 1.165) is 5.56 Å². The van der Waals surface area contributed by atoms with Crippen LogP contribution in [-0.4, -0.2) is 16.7 Å². The number of piperidine rings is 1. The summed E-state index contributed by atoms with van der Waals surface area (Å²) in [6.45, 7) is 4.07. The molecule has 0 saturated carbocycles. The Bertz CT molecular complexity index is 520. The first-order valence-corrected chi connectivity index (χ1v) is 6.53. The van der Waals surface area contributed by atoms with Crippen LogP contribution in [0.25, 0.3) is 0 Å². The fraction of sp³-hybridized carbons (Fsp3) is 0.429. The maximum Gasteiger partial charge on any atom is 0.230 e. The van der Waals surface area contributed by atoms with Gasteiger partial charge in [-0.25, -0.2) is 0 Å². The molecule has 0 radical (unpaired) electrons. The molecule has 0 unspecified atom stereocenters. The minimum absolute atomic E-state index is 0.144. The zero-order valence-electron chi connectivity index (χ0n) is 11.1. The molecule has 1 aromatic carbocycles. The number of halogens is 1. The van der Waals surface area contributed by atoms with E-state index in [1.54, 1.807) is 18.2 Å². The Labute approximate surface area is 117 Å². The minimum atomic E-state index is -0.254. The highest BCUT2D eigenvalue weighted by Gasteiger charge is 2.37. The Morgan fingerprint density at radius 1 is 1.26 bits per heavy atom. The Kier molecular flexibility index (Phi) is 3.54. The number of hydrogen-bond acceptors (Lipinski definition) is 3. The molecule has 19 heavy (non-hydrogen) atoms. The number of nitrogen functional groups attached to an aromatic ring is 1. The molecule has 1 saturated heterocycles. The van der Waals surface area contributed by atoms with Gasteiger partial charge in [0.25, 0.3) is 0 Å². The molecule has 1 aromatic rings. The molecule has 0 atom stereocenters. The van der Waals surface area contributed by atoms with E-state index in [1.807, 2.05) is 13.8 Å². The molecule has 0 aromatic heterocycles. The molecule has 1 aliphatic heterocycles. The molecule has 1 heterocycles. The van der Waals surface area contributed by atoms with Crippen LogP contribution in [0.5, 0.6) is 0 Å². The number of carbonyl (C=O) groups excluding carboxylic acids is 2. The van der Waals surface area contributed by atoms with Crippen LogP contribution in [0.1, 0.15) is 32.3 Å². The molecule has 1 fully saturated rings. The van der Waals surface area contributed by atoms with Crippen LogP contribution < -0.4 is 5.73 Å². The maximum absolute atomic E-state index is 12.0. The monoisotopic (exact) mass is 280 g/mol. The number of likely N-dealkylation sites (tertiary alicyclic amines) is 1. The van der Waals surface area contributed by atoms with Crippen LogP contribution in [0.2, 0.25) is 5.02 Å². The number of nitrogens with two attached hydrogens (primary N) is 1. The smallest absolute Gasteiger partial charge is 0.230 e.